The van der Waals surface area contributed by atoms with Gasteiger partial charge in [0.05, 0.1) is 117 Å². The number of aliphatic hydroxyl groups excluding tert-OH is 9. The van der Waals surface area contributed by atoms with E-state index in [1.807, 2.05) is 0 Å². The van der Waals surface area contributed by atoms with Crippen LogP contribution in [0.1, 0.15) is 78.6 Å². The van der Waals surface area contributed by atoms with E-state index in [9.17, 15) is 70.3 Å². The summed E-state index contributed by atoms with van der Waals surface area (Å²) in [7, 11) is 1.25. The molecule has 0 spiro atoms. The molecular formula is C51H101NO32P4S4. The Labute approximate surface area is 558 Å². The maximum Gasteiger partial charge on any atom is 0.324 e. The third kappa shape index (κ3) is 34.0. The minimum atomic E-state index is -3.76. The van der Waals surface area contributed by atoms with Gasteiger partial charge in [0.2, 0.25) is 5.91 Å². The Morgan fingerprint density at radius 1 is 0.413 bits per heavy atom. The Hall–Kier alpha value is 0.830. The van der Waals surface area contributed by atoms with E-state index >= 15 is 0 Å². The van der Waals surface area contributed by atoms with Crippen LogP contribution in [-0.2, 0) is 136 Å². The topological polar surface area (TPSA) is 458 Å². The van der Waals surface area contributed by atoms with Gasteiger partial charge in [-0.2, -0.15) is 0 Å². The fraction of sp³-hybridized carbons (Fsp3) is 0.980. The number of unbranched alkanes of at least 4 members (excludes halogenated alkanes) is 3. The minimum absolute atomic E-state index is 0.00148. The van der Waals surface area contributed by atoms with Crippen LogP contribution < -0.4 is 5.32 Å². The molecule has 546 valence electrons. The van der Waals surface area contributed by atoms with E-state index in [0.717, 1.165) is 0 Å². The SMILES string of the molecule is COP(O)(=S)OCCCCOCC(COCCCOP(O)(=S)OCCCCO[C@@H]1OC(CO)[C@H](O)[C@H](O)C1C)(COCCCOP(O)(=S)OCCCCO[C@@H]1OC(CO)[C@H](O)[C@H](O)C1NC(C)=O)COCCCOP(O)(=S)OCCO[C@@H]1OC(CO)[C@H](O)[C@H](O)C1C. The minimum Gasteiger partial charge on any atom is -0.394 e. The number of nitrogens with one attached hydrogen (secondary N) is 1. The molecule has 0 aromatic rings. The second-order valence-corrected chi connectivity index (χ2v) is 33.4. The third-order valence-corrected chi connectivity index (χ3v) is 20.9. The molecule has 41 heteroatoms. The Morgan fingerprint density at radius 2 is 0.707 bits per heavy atom. The number of aliphatic hydroxyl groups is 9. The number of hydrogen-bond donors (Lipinski definition) is 14. The fourth-order valence-corrected chi connectivity index (χ4v) is 13.4. The summed E-state index contributed by atoms with van der Waals surface area (Å²) < 4.78 is 102. The van der Waals surface area contributed by atoms with Crippen LogP contribution in [0.5, 0.6) is 0 Å². The standard InChI is InChI=1S/C51H101NO32P4S4/c1-35-42(57)44(59)38(28-53)82-48(35)72-18-6-9-21-76-86(64,90)78-23-11-15-69-32-51(31-68-14-5-8-20-75-85(63,89)67-4,34-71-17-13-25-80-88(66,92)81-27-26-74-49-36(2)43(58)45(60)39(29-54)83-49)33-70-16-12-24-79-87(65,91)77-22-10-7-19-73-50-41(52-37(3)56)47(62)46(61)40(30-55)84-50/h35-36,38-50,53-55,57-62H,5-34H2,1-4H3,(H,52,56)(H,63,89)(H,64,90)(H,65,91)(H,66,92)/t35?,36?,38?,39?,40?,41?,42-,43-,44+,45+,46+,47-,48-,49-,50-,51?,85?,86?,87?,88?/m1/s1. The Kier molecular flexibility index (Phi) is 43.9. The highest BCUT2D eigenvalue weighted by Crippen LogP contribution is 2.46. The van der Waals surface area contributed by atoms with E-state index in [1.165, 1.54) is 14.0 Å². The van der Waals surface area contributed by atoms with Crippen molar-refractivity contribution in [3.05, 3.63) is 0 Å². The fourth-order valence-electron chi connectivity index (χ4n) is 9.00. The molecule has 20 atom stereocenters. The van der Waals surface area contributed by atoms with Gasteiger partial charge in [-0.15, -0.1) is 0 Å². The third-order valence-electron chi connectivity index (χ3n) is 14.3. The first kappa shape index (κ1) is 87.0. The molecule has 33 nitrogen and oxygen atoms in total. The summed E-state index contributed by atoms with van der Waals surface area (Å²) in [5.74, 6) is -1.69. The van der Waals surface area contributed by atoms with Gasteiger partial charge in [-0.25, -0.2) is 0 Å². The van der Waals surface area contributed by atoms with Crippen molar-refractivity contribution in [2.45, 2.75) is 158 Å². The van der Waals surface area contributed by atoms with Crippen LogP contribution in [0, 0.1) is 17.3 Å². The summed E-state index contributed by atoms with van der Waals surface area (Å²) in [6, 6.07) is -1.10. The molecule has 3 aliphatic rings. The van der Waals surface area contributed by atoms with Gasteiger partial charge in [0.15, 0.2) is 18.9 Å². The van der Waals surface area contributed by atoms with Crippen molar-refractivity contribution in [1.82, 2.24) is 5.32 Å². The molecule has 3 heterocycles. The quantitative estimate of drug-likeness (QED) is 0.0265. The van der Waals surface area contributed by atoms with Gasteiger partial charge in [-0.1, -0.05) is 13.8 Å². The molecule has 14 N–H and O–H groups in total. The van der Waals surface area contributed by atoms with Gasteiger partial charge >= 0.3 is 26.9 Å². The molecule has 0 aliphatic carbocycles. The van der Waals surface area contributed by atoms with Crippen LogP contribution in [0.2, 0.25) is 0 Å². The Balaban J connectivity index is 1.56. The lowest BCUT2D eigenvalue weighted by Gasteiger charge is -2.42. The Morgan fingerprint density at radius 3 is 1.08 bits per heavy atom. The first-order valence-corrected chi connectivity index (χ1v) is 40.6. The zero-order valence-electron chi connectivity index (χ0n) is 52.4. The average molecular weight is 1490 g/mol. The number of rotatable bonds is 53. The Bertz CT molecular complexity index is 2200. The van der Waals surface area contributed by atoms with Crippen molar-refractivity contribution in [3.63, 3.8) is 0 Å². The lowest BCUT2D eigenvalue weighted by Crippen LogP contribution is -2.64. The summed E-state index contributed by atoms with van der Waals surface area (Å²) >= 11 is 20.5. The number of carbonyl (C=O) groups excluding carboxylic acids is 1. The molecule has 3 aliphatic heterocycles. The molecule has 0 bridgehead atoms. The summed E-state index contributed by atoms with van der Waals surface area (Å²) in [6.07, 6.45) is -10.7. The zero-order chi connectivity index (χ0) is 68.4. The predicted octanol–water partition coefficient (Wildman–Crippen LogP) is -0.676. The molecule has 3 rings (SSSR count). The van der Waals surface area contributed by atoms with Gasteiger partial charge in [0.1, 0.15) is 48.8 Å². The van der Waals surface area contributed by atoms with Gasteiger partial charge in [0, 0.05) is 65.5 Å². The summed E-state index contributed by atoms with van der Waals surface area (Å²) in [4.78, 5) is 53.9. The molecule has 0 radical (unpaired) electrons. The van der Waals surface area contributed by atoms with E-state index in [2.05, 4.69) is 5.32 Å². The van der Waals surface area contributed by atoms with Gasteiger partial charge < -0.3 is 154 Å². The van der Waals surface area contributed by atoms with E-state index in [-0.39, 0.29) is 138 Å². The first-order chi connectivity index (χ1) is 43.6. The molecule has 3 saturated heterocycles. The lowest BCUT2D eigenvalue weighted by molar-refractivity contribution is -0.283. The molecule has 0 aromatic heterocycles. The second-order valence-electron chi connectivity index (χ2n) is 22.0. The summed E-state index contributed by atoms with van der Waals surface area (Å²) in [5, 5.41) is 92.6. The highest BCUT2D eigenvalue weighted by Gasteiger charge is 2.46. The molecule has 0 aromatic carbocycles. The van der Waals surface area contributed by atoms with Gasteiger partial charge in [0.25, 0.3) is 0 Å². The van der Waals surface area contributed by atoms with E-state index in [4.69, 9.17) is 131 Å². The monoisotopic (exact) mass is 1490 g/mol. The number of ether oxygens (including phenoxy) is 10. The van der Waals surface area contributed by atoms with Crippen molar-refractivity contribution >= 4 is 80.0 Å². The van der Waals surface area contributed by atoms with Crippen LogP contribution in [0.25, 0.3) is 0 Å². The zero-order valence-corrected chi connectivity index (χ0v) is 59.2. The van der Waals surface area contributed by atoms with Crippen molar-refractivity contribution in [2.75, 3.05) is 146 Å². The largest absolute Gasteiger partial charge is 0.394 e. The van der Waals surface area contributed by atoms with E-state index in [0.29, 0.717) is 38.5 Å². The van der Waals surface area contributed by atoms with Crippen LogP contribution in [0.4, 0.5) is 0 Å². The lowest BCUT2D eigenvalue weighted by atomic mass is 9.92. The maximum atomic E-state index is 11.7. The second kappa shape index (κ2) is 46.4. The molecule has 1 amide bonds. The van der Waals surface area contributed by atoms with Crippen LogP contribution >= 0.6 is 26.9 Å². The van der Waals surface area contributed by atoms with Crippen molar-refractivity contribution < 1.29 is 154 Å². The molecule has 11 unspecified atom stereocenters. The van der Waals surface area contributed by atoms with Crippen LogP contribution in [0.15, 0.2) is 0 Å². The number of carbonyl (C=O) groups is 1. The molecule has 92 heavy (non-hydrogen) atoms. The van der Waals surface area contributed by atoms with Crippen molar-refractivity contribution in [1.29, 1.82) is 0 Å². The number of hydrogen-bond acceptors (Lipinski definition) is 32. The van der Waals surface area contributed by atoms with Gasteiger partial charge in [-0.3, -0.25) is 4.79 Å². The molecule has 0 saturated carbocycles. The normalized spacial score (nSPS) is 30.4. The molecule has 3 fully saturated rings. The van der Waals surface area contributed by atoms with E-state index < -0.39 is 150 Å². The highest BCUT2D eigenvalue weighted by atomic mass is 32.5. The average Bonchev–Trinajstić information content (AvgIpc) is 0.860. The number of amides is 1. The van der Waals surface area contributed by atoms with Gasteiger partial charge in [-0.05, 0) is 105 Å². The summed E-state index contributed by atoms with van der Waals surface area (Å²) in [5.41, 5.74) is -0.989. The van der Waals surface area contributed by atoms with Crippen LogP contribution in [-0.4, -0.2) is 297 Å². The first-order valence-electron chi connectivity index (χ1n) is 30.3. The van der Waals surface area contributed by atoms with Crippen molar-refractivity contribution in [3.8, 4) is 0 Å². The molecular weight excluding hydrogens is 1390 g/mol. The predicted molar refractivity (Wildman–Crippen MR) is 339 cm³/mol. The smallest absolute Gasteiger partial charge is 0.324 e. The van der Waals surface area contributed by atoms with E-state index in [1.54, 1.807) is 13.8 Å². The van der Waals surface area contributed by atoms with Crippen LogP contribution in [0.3, 0.4) is 0 Å². The van der Waals surface area contributed by atoms with Crippen molar-refractivity contribution in [2.24, 2.45) is 17.3 Å². The maximum absolute atomic E-state index is 11.7. The highest BCUT2D eigenvalue weighted by molar-refractivity contribution is 8.08. The summed E-state index contributed by atoms with van der Waals surface area (Å²) in [6.45, 7) is -11.1.